The minimum Gasteiger partial charge on any atom is -0.444 e. The van der Waals surface area contributed by atoms with Gasteiger partial charge in [-0.2, -0.15) is 0 Å². The first kappa shape index (κ1) is 10.7. The van der Waals surface area contributed by atoms with Crippen molar-refractivity contribution < 1.29 is 14.3 Å². The van der Waals surface area contributed by atoms with Gasteiger partial charge in [-0.1, -0.05) is 0 Å². The van der Waals surface area contributed by atoms with Crippen molar-refractivity contribution in [1.29, 1.82) is 0 Å². The first-order valence-corrected chi connectivity index (χ1v) is 5.57. The Labute approximate surface area is 90.5 Å². The highest BCUT2D eigenvalue weighted by Gasteiger charge is 2.39. The molecule has 1 aliphatic carbocycles. The second-order valence-electron chi connectivity index (χ2n) is 5.32. The molecule has 86 valence electrons. The van der Waals surface area contributed by atoms with Crippen LogP contribution in [0.3, 0.4) is 0 Å². The Hall–Kier alpha value is -0.770. The molecule has 2 aliphatic rings. The lowest BCUT2D eigenvalue weighted by Crippen LogP contribution is -2.40. The van der Waals surface area contributed by atoms with E-state index in [2.05, 4.69) is 0 Å². The van der Waals surface area contributed by atoms with Crippen molar-refractivity contribution in [3.05, 3.63) is 0 Å². The maximum atomic E-state index is 11.9. The topological polar surface area (TPSA) is 42.1 Å². The molecule has 15 heavy (non-hydrogen) atoms. The van der Waals surface area contributed by atoms with E-state index in [1.165, 1.54) is 0 Å². The smallest absolute Gasteiger partial charge is 0.410 e. The van der Waals surface area contributed by atoms with Gasteiger partial charge in [-0.15, -0.1) is 0 Å². The first-order chi connectivity index (χ1) is 6.96. The monoisotopic (exact) mass is 213 g/mol. The van der Waals surface area contributed by atoms with Gasteiger partial charge in [0, 0.05) is 6.04 Å². The number of carbonyl (C=O) groups is 1. The molecule has 0 aromatic carbocycles. The van der Waals surface area contributed by atoms with Crippen molar-refractivity contribution in [3.8, 4) is 0 Å². The molecule has 1 unspecified atom stereocenters. The molecule has 1 atom stereocenters. The molecule has 2 rings (SSSR count). The van der Waals surface area contributed by atoms with E-state index in [0.29, 0.717) is 12.6 Å². The third-order valence-electron chi connectivity index (χ3n) is 2.42. The fraction of sp³-hybridized carbons (Fsp3) is 0.909. The summed E-state index contributed by atoms with van der Waals surface area (Å²) in [4.78, 5) is 13.7. The summed E-state index contributed by atoms with van der Waals surface area (Å²) >= 11 is 0. The first-order valence-electron chi connectivity index (χ1n) is 5.57. The summed E-state index contributed by atoms with van der Waals surface area (Å²) < 4.78 is 10.5. The minimum atomic E-state index is -0.408. The summed E-state index contributed by atoms with van der Waals surface area (Å²) in [5.41, 5.74) is -0.408. The SMILES string of the molecule is CC(C)(C)OC(=O)N(CC1CO1)C1CC1. The molecular weight excluding hydrogens is 194 g/mol. The van der Waals surface area contributed by atoms with Crippen molar-refractivity contribution in [2.75, 3.05) is 13.2 Å². The van der Waals surface area contributed by atoms with Crippen LogP contribution in [0, 0.1) is 0 Å². The third-order valence-corrected chi connectivity index (χ3v) is 2.42. The quantitative estimate of drug-likeness (QED) is 0.671. The molecule has 0 radical (unpaired) electrons. The van der Waals surface area contributed by atoms with Crippen molar-refractivity contribution in [2.45, 2.75) is 51.4 Å². The van der Waals surface area contributed by atoms with Crippen LogP contribution >= 0.6 is 0 Å². The number of hydrogen-bond donors (Lipinski definition) is 0. The number of carbonyl (C=O) groups excluding carboxylic acids is 1. The molecule has 0 aromatic heterocycles. The maximum Gasteiger partial charge on any atom is 0.410 e. The van der Waals surface area contributed by atoms with Crippen LogP contribution in [-0.4, -0.2) is 41.9 Å². The van der Waals surface area contributed by atoms with E-state index in [1.54, 1.807) is 0 Å². The van der Waals surface area contributed by atoms with Crippen molar-refractivity contribution in [1.82, 2.24) is 4.90 Å². The second-order valence-corrected chi connectivity index (χ2v) is 5.32. The van der Waals surface area contributed by atoms with Crippen LogP contribution in [-0.2, 0) is 9.47 Å². The van der Waals surface area contributed by atoms with Crippen molar-refractivity contribution in [3.63, 3.8) is 0 Å². The van der Waals surface area contributed by atoms with Gasteiger partial charge in [-0.05, 0) is 33.6 Å². The van der Waals surface area contributed by atoms with Crippen molar-refractivity contribution in [2.24, 2.45) is 0 Å². The molecule has 1 aliphatic heterocycles. The van der Waals surface area contributed by atoms with Gasteiger partial charge in [0.1, 0.15) is 5.60 Å². The molecule has 4 nitrogen and oxygen atoms in total. The highest BCUT2D eigenvalue weighted by Crippen LogP contribution is 2.30. The lowest BCUT2D eigenvalue weighted by Gasteiger charge is -2.26. The number of amides is 1. The lowest BCUT2D eigenvalue weighted by atomic mass is 10.2. The van der Waals surface area contributed by atoms with E-state index in [0.717, 1.165) is 19.4 Å². The Morgan fingerprint density at radius 2 is 2.07 bits per heavy atom. The summed E-state index contributed by atoms with van der Waals surface area (Å²) in [6.45, 7) is 7.16. The predicted octanol–water partition coefficient (Wildman–Crippen LogP) is 1.78. The fourth-order valence-corrected chi connectivity index (χ4v) is 1.47. The Bertz CT molecular complexity index is 251. The second kappa shape index (κ2) is 3.67. The van der Waals surface area contributed by atoms with Crippen LogP contribution in [0.4, 0.5) is 4.79 Å². The molecule has 0 aromatic rings. The van der Waals surface area contributed by atoms with E-state index in [9.17, 15) is 4.79 Å². The van der Waals surface area contributed by atoms with E-state index >= 15 is 0 Å². The predicted molar refractivity (Wildman–Crippen MR) is 55.7 cm³/mol. The van der Waals surface area contributed by atoms with Crippen LogP contribution < -0.4 is 0 Å². The molecule has 2 fully saturated rings. The van der Waals surface area contributed by atoms with E-state index in [-0.39, 0.29) is 12.2 Å². The normalized spacial score (nSPS) is 24.9. The summed E-state index contributed by atoms with van der Waals surface area (Å²) in [5, 5.41) is 0. The molecule has 1 saturated carbocycles. The van der Waals surface area contributed by atoms with Gasteiger partial charge in [0.2, 0.25) is 0 Å². The van der Waals surface area contributed by atoms with Gasteiger partial charge < -0.3 is 14.4 Å². The molecule has 4 heteroatoms. The summed E-state index contributed by atoms with van der Waals surface area (Å²) in [6.07, 6.45) is 2.26. The summed E-state index contributed by atoms with van der Waals surface area (Å²) in [6, 6.07) is 0.393. The molecule has 0 N–H and O–H groups in total. The summed E-state index contributed by atoms with van der Waals surface area (Å²) in [7, 11) is 0. The van der Waals surface area contributed by atoms with E-state index < -0.39 is 5.60 Å². The molecule has 1 amide bonds. The maximum absolute atomic E-state index is 11.9. The molecule has 1 heterocycles. The number of ether oxygens (including phenoxy) is 2. The zero-order chi connectivity index (χ0) is 11.1. The van der Waals surface area contributed by atoms with Crippen molar-refractivity contribution >= 4 is 6.09 Å². The number of rotatable bonds is 3. The van der Waals surface area contributed by atoms with Gasteiger partial charge >= 0.3 is 6.09 Å². The van der Waals surface area contributed by atoms with Gasteiger partial charge in [0.25, 0.3) is 0 Å². The average molecular weight is 213 g/mol. The number of hydrogen-bond acceptors (Lipinski definition) is 3. The van der Waals surface area contributed by atoms with E-state index in [1.807, 2.05) is 25.7 Å². The van der Waals surface area contributed by atoms with Crippen LogP contribution in [0.25, 0.3) is 0 Å². The minimum absolute atomic E-state index is 0.194. The molecular formula is C11H19NO3. The molecule has 1 saturated heterocycles. The zero-order valence-corrected chi connectivity index (χ0v) is 9.66. The van der Waals surface area contributed by atoms with Crippen LogP contribution in [0.15, 0.2) is 0 Å². The standard InChI is InChI=1S/C11H19NO3/c1-11(2,3)15-10(13)12(8-4-5-8)6-9-7-14-9/h8-9H,4-7H2,1-3H3. The van der Waals surface area contributed by atoms with Crippen LogP contribution in [0.5, 0.6) is 0 Å². The Kier molecular flexibility index (Phi) is 2.63. The zero-order valence-electron chi connectivity index (χ0n) is 9.66. The largest absolute Gasteiger partial charge is 0.444 e. The Balaban J connectivity index is 1.88. The van der Waals surface area contributed by atoms with E-state index in [4.69, 9.17) is 9.47 Å². The van der Waals surface area contributed by atoms with Gasteiger partial charge in [0.15, 0.2) is 0 Å². The average Bonchev–Trinajstić information content (AvgIpc) is 2.92. The molecule has 0 spiro atoms. The number of epoxide rings is 1. The summed E-state index contributed by atoms with van der Waals surface area (Å²) in [5.74, 6) is 0. The highest BCUT2D eigenvalue weighted by atomic mass is 16.6. The van der Waals surface area contributed by atoms with Gasteiger partial charge in [0.05, 0.1) is 19.3 Å². The van der Waals surface area contributed by atoms with Gasteiger partial charge in [-0.3, -0.25) is 0 Å². The third kappa shape index (κ3) is 3.38. The van der Waals surface area contributed by atoms with Gasteiger partial charge in [-0.25, -0.2) is 4.79 Å². The highest BCUT2D eigenvalue weighted by molar-refractivity contribution is 5.69. The lowest BCUT2D eigenvalue weighted by molar-refractivity contribution is 0.0220. The van der Waals surface area contributed by atoms with Crippen LogP contribution in [0.2, 0.25) is 0 Å². The van der Waals surface area contributed by atoms with Crippen LogP contribution in [0.1, 0.15) is 33.6 Å². The number of nitrogens with zero attached hydrogens (tertiary/aromatic N) is 1. The Morgan fingerprint density at radius 3 is 2.47 bits per heavy atom. The Morgan fingerprint density at radius 1 is 1.47 bits per heavy atom. The fourth-order valence-electron chi connectivity index (χ4n) is 1.47. The molecule has 0 bridgehead atoms.